The third kappa shape index (κ3) is 2.38. The van der Waals surface area contributed by atoms with Crippen LogP contribution in [0.25, 0.3) is 11.3 Å². The van der Waals surface area contributed by atoms with Crippen LogP contribution in [0.5, 0.6) is 0 Å². The molecule has 1 aromatic heterocycles. The molecular weight excluding hydrogens is 250 g/mol. The normalized spacial score (nSPS) is 12.6. The van der Waals surface area contributed by atoms with Gasteiger partial charge in [-0.3, -0.25) is 9.48 Å². The van der Waals surface area contributed by atoms with Crippen molar-refractivity contribution in [1.29, 1.82) is 0 Å². The number of hydrogen-bond donors (Lipinski definition) is 1. The predicted octanol–water partition coefficient (Wildman–Crippen LogP) is 3.28. The van der Waals surface area contributed by atoms with Gasteiger partial charge in [0, 0.05) is 12.1 Å². The molecule has 2 rings (SSSR count). The predicted molar refractivity (Wildman–Crippen MR) is 83.8 cm³/mol. The monoisotopic (exact) mass is 273 g/mol. The number of anilines is 1. The Hall–Kier alpha value is -1.97. The van der Waals surface area contributed by atoms with E-state index in [2.05, 4.69) is 20.8 Å². The highest BCUT2D eigenvalue weighted by molar-refractivity contribution is 5.72. The Labute approximate surface area is 119 Å². The van der Waals surface area contributed by atoms with Crippen LogP contribution in [0.2, 0.25) is 0 Å². The van der Waals surface area contributed by atoms with E-state index in [4.69, 9.17) is 5.73 Å². The van der Waals surface area contributed by atoms with E-state index in [1.165, 1.54) is 0 Å². The van der Waals surface area contributed by atoms with Crippen molar-refractivity contribution < 1.29 is 0 Å². The number of nitrogen functional groups attached to an aromatic ring is 1. The van der Waals surface area contributed by atoms with E-state index >= 15 is 0 Å². The average molecular weight is 273 g/mol. The molecule has 108 valence electrons. The van der Waals surface area contributed by atoms with Gasteiger partial charge in [0.1, 0.15) is 5.69 Å². The SMILES string of the molecule is CCCn1c(-c2ccccc2)c(N)c(=O)n1C(C)CC. The second kappa shape index (κ2) is 5.99. The molecule has 2 aromatic rings. The summed E-state index contributed by atoms with van der Waals surface area (Å²) in [5.41, 5.74) is 8.22. The molecule has 0 aliphatic carbocycles. The summed E-state index contributed by atoms with van der Waals surface area (Å²) in [6, 6.07) is 10.0. The maximum Gasteiger partial charge on any atom is 0.290 e. The van der Waals surface area contributed by atoms with Crippen LogP contribution in [0.4, 0.5) is 5.69 Å². The molecule has 1 heterocycles. The molecule has 0 aliphatic rings. The first-order valence-corrected chi connectivity index (χ1v) is 7.27. The van der Waals surface area contributed by atoms with E-state index in [0.29, 0.717) is 5.69 Å². The smallest absolute Gasteiger partial charge is 0.290 e. The fourth-order valence-corrected chi connectivity index (χ4v) is 2.52. The molecule has 20 heavy (non-hydrogen) atoms. The van der Waals surface area contributed by atoms with Crippen LogP contribution in [-0.4, -0.2) is 9.36 Å². The Kier molecular flexibility index (Phi) is 4.32. The van der Waals surface area contributed by atoms with Gasteiger partial charge in [0.05, 0.1) is 11.7 Å². The molecule has 0 saturated carbocycles. The molecule has 0 saturated heterocycles. The molecular formula is C16H23N3O. The molecule has 0 bridgehead atoms. The van der Waals surface area contributed by atoms with Crippen molar-refractivity contribution >= 4 is 5.69 Å². The molecule has 0 radical (unpaired) electrons. The number of benzene rings is 1. The number of hydrogen-bond acceptors (Lipinski definition) is 2. The summed E-state index contributed by atoms with van der Waals surface area (Å²) in [5.74, 6) is 0. The lowest BCUT2D eigenvalue weighted by Gasteiger charge is -2.18. The first kappa shape index (κ1) is 14.4. The summed E-state index contributed by atoms with van der Waals surface area (Å²) in [4.78, 5) is 12.5. The minimum absolute atomic E-state index is 0.0772. The fourth-order valence-electron chi connectivity index (χ4n) is 2.52. The minimum atomic E-state index is -0.0772. The van der Waals surface area contributed by atoms with Gasteiger partial charge in [-0.15, -0.1) is 0 Å². The lowest BCUT2D eigenvalue weighted by molar-refractivity contribution is 0.373. The van der Waals surface area contributed by atoms with Crippen LogP contribution in [-0.2, 0) is 6.54 Å². The van der Waals surface area contributed by atoms with Crippen molar-refractivity contribution in [3.05, 3.63) is 40.7 Å². The Morgan fingerprint density at radius 1 is 1.20 bits per heavy atom. The van der Waals surface area contributed by atoms with Crippen LogP contribution in [0, 0.1) is 0 Å². The van der Waals surface area contributed by atoms with Gasteiger partial charge < -0.3 is 5.73 Å². The van der Waals surface area contributed by atoms with Crippen LogP contribution < -0.4 is 11.3 Å². The summed E-state index contributed by atoms with van der Waals surface area (Å²) in [7, 11) is 0. The van der Waals surface area contributed by atoms with E-state index in [1.54, 1.807) is 4.68 Å². The summed E-state index contributed by atoms with van der Waals surface area (Å²) < 4.78 is 3.85. The highest BCUT2D eigenvalue weighted by Crippen LogP contribution is 2.26. The van der Waals surface area contributed by atoms with Gasteiger partial charge in [-0.2, -0.15) is 0 Å². The number of nitrogens with zero attached hydrogens (tertiary/aromatic N) is 2. The van der Waals surface area contributed by atoms with Crippen molar-refractivity contribution in [1.82, 2.24) is 9.36 Å². The van der Waals surface area contributed by atoms with Crippen LogP contribution in [0.15, 0.2) is 35.1 Å². The molecule has 0 aliphatic heterocycles. The molecule has 4 heteroatoms. The van der Waals surface area contributed by atoms with E-state index in [-0.39, 0.29) is 11.6 Å². The number of nitrogens with two attached hydrogens (primary N) is 1. The van der Waals surface area contributed by atoms with Crippen molar-refractivity contribution in [2.75, 3.05) is 5.73 Å². The number of aromatic nitrogens is 2. The summed E-state index contributed by atoms with van der Waals surface area (Å²) in [6.45, 7) is 7.04. The summed E-state index contributed by atoms with van der Waals surface area (Å²) in [6.07, 6.45) is 1.87. The largest absolute Gasteiger partial charge is 0.392 e. The first-order valence-electron chi connectivity index (χ1n) is 7.27. The van der Waals surface area contributed by atoms with E-state index < -0.39 is 0 Å². The highest BCUT2D eigenvalue weighted by Gasteiger charge is 2.20. The van der Waals surface area contributed by atoms with Gasteiger partial charge in [0.2, 0.25) is 0 Å². The van der Waals surface area contributed by atoms with Crippen LogP contribution in [0.1, 0.15) is 39.7 Å². The molecule has 1 unspecified atom stereocenters. The van der Waals surface area contributed by atoms with E-state index in [9.17, 15) is 4.79 Å². The zero-order valence-corrected chi connectivity index (χ0v) is 12.5. The molecule has 1 atom stereocenters. The van der Waals surface area contributed by atoms with Crippen LogP contribution >= 0.6 is 0 Å². The van der Waals surface area contributed by atoms with Gasteiger partial charge in [0.25, 0.3) is 5.56 Å². The summed E-state index contributed by atoms with van der Waals surface area (Å²) >= 11 is 0. The second-order valence-corrected chi connectivity index (χ2v) is 5.16. The molecule has 4 nitrogen and oxygen atoms in total. The zero-order valence-electron chi connectivity index (χ0n) is 12.5. The van der Waals surface area contributed by atoms with Gasteiger partial charge in [0.15, 0.2) is 0 Å². The van der Waals surface area contributed by atoms with Gasteiger partial charge >= 0.3 is 0 Å². The van der Waals surface area contributed by atoms with E-state index in [0.717, 1.165) is 30.6 Å². The molecule has 0 spiro atoms. The maximum absolute atomic E-state index is 12.5. The second-order valence-electron chi connectivity index (χ2n) is 5.16. The van der Waals surface area contributed by atoms with Crippen molar-refractivity contribution in [3.8, 4) is 11.3 Å². The van der Waals surface area contributed by atoms with Crippen molar-refractivity contribution in [2.45, 2.75) is 46.2 Å². The average Bonchev–Trinajstić information content (AvgIpc) is 2.71. The third-order valence-electron chi connectivity index (χ3n) is 3.70. The third-order valence-corrected chi connectivity index (χ3v) is 3.70. The summed E-state index contributed by atoms with van der Waals surface area (Å²) in [5, 5.41) is 0. The molecule has 0 fully saturated rings. The quantitative estimate of drug-likeness (QED) is 0.909. The lowest BCUT2D eigenvalue weighted by atomic mass is 10.1. The molecule has 1 aromatic carbocycles. The standard InChI is InChI=1S/C16H23N3O/c1-4-11-18-15(13-9-7-6-8-10-13)14(17)16(20)19(18)12(3)5-2/h6-10,12H,4-5,11,17H2,1-3H3. The Balaban J connectivity index is 2.71. The van der Waals surface area contributed by atoms with Gasteiger partial charge in [-0.25, -0.2) is 4.68 Å². The lowest BCUT2D eigenvalue weighted by Crippen LogP contribution is -2.27. The van der Waals surface area contributed by atoms with Crippen molar-refractivity contribution in [2.24, 2.45) is 0 Å². The van der Waals surface area contributed by atoms with E-state index in [1.807, 2.05) is 35.0 Å². The maximum atomic E-state index is 12.5. The Morgan fingerprint density at radius 2 is 1.85 bits per heavy atom. The Bertz CT molecular complexity index is 625. The first-order chi connectivity index (χ1) is 9.61. The topological polar surface area (TPSA) is 52.9 Å². The zero-order chi connectivity index (χ0) is 14.7. The molecule has 2 N–H and O–H groups in total. The van der Waals surface area contributed by atoms with Crippen LogP contribution in [0.3, 0.4) is 0 Å². The fraction of sp³-hybridized carbons (Fsp3) is 0.438. The Morgan fingerprint density at radius 3 is 2.40 bits per heavy atom. The highest BCUT2D eigenvalue weighted by atomic mass is 16.1. The van der Waals surface area contributed by atoms with Gasteiger partial charge in [-0.1, -0.05) is 44.2 Å². The van der Waals surface area contributed by atoms with Gasteiger partial charge in [-0.05, 0) is 19.8 Å². The molecule has 0 amide bonds. The minimum Gasteiger partial charge on any atom is -0.392 e. The van der Waals surface area contributed by atoms with Crippen molar-refractivity contribution in [3.63, 3.8) is 0 Å². The number of rotatable bonds is 5.